The topological polar surface area (TPSA) is 63.7 Å². The molecule has 0 aromatic heterocycles. The molecule has 0 radical (unpaired) electrons. The Morgan fingerprint density at radius 3 is 2.50 bits per heavy atom. The summed E-state index contributed by atoms with van der Waals surface area (Å²) in [5, 5.41) is 0.00270. The molecule has 20 heavy (non-hydrogen) atoms. The Morgan fingerprint density at radius 2 is 1.95 bits per heavy atom. The summed E-state index contributed by atoms with van der Waals surface area (Å²) in [6, 6.07) is -0.468. The van der Waals surface area contributed by atoms with E-state index >= 15 is 0 Å². The van der Waals surface area contributed by atoms with Crippen LogP contribution < -0.4 is 0 Å². The second-order valence-electron chi connectivity index (χ2n) is 5.87. The van der Waals surface area contributed by atoms with Gasteiger partial charge in [0, 0.05) is 25.6 Å². The number of thioether (sulfide) groups is 1. The lowest BCUT2D eigenvalue weighted by molar-refractivity contribution is -0.163. The molecule has 0 spiro atoms. The molecule has 0 aliphatic carbocycles. The van der Waals surface area contributed by atoms with Crippen LogP contribution in [0.2, 0.25) is 0 Å². The lowest BCUT2D eigenvalue weighted by atomic mass is 10.1. The van der Waals surface area contributed by atoms with Gasteiger partial charge < -0.3 is 9.64 Å². The zero-order valence-electron chi connectivity index (χ0n) is 12.6. The number of carbonyl (C=O) groups excluding carboxylic acids is 3. The van der Waals surface area contributed by atoms with Crippen LogP contribution in [0.25, 0.3) is 0 Å². The highest BCUT2D eigenvalue weighted by Gasteiger charge is 2.36. The van der Waals surface area contributed by atoms with Crippen molar-refractivity contribution in [3.8, 4) is 0 Å². The number of rotatable bonds is 4. The van der Waals surface area contributed by atoms with Gasteiger partial charge in [-0.1, -0.05) is 11.8 Å². The Kier molecular flexibility index (Phi) is 6.05. The van der Waals surface area contributed by atoms with Gasteiger partial charge in [-0.05, 0) is 33.6 Å². The van der Waals surface area contributed by atoms with Crippen LogP contribution in [-0.4, -0.2) is 45.8 Å². The molecule has 1 saturated heterocycles. The maximum absolute atomic E-state index is 12.1. The minimum Gasteiger partial charge on any atom is -0.458 e. The molecule has 1 aliphatic rings. The molecule has 1 heterocycles. The fourth-order valence-electron chi connectivity index (χ4n) is 2.11. The molecule has 1 aliphatic heterocycles. The summed E-state index contributed by atoms with van der Waals surface area (Å²) >= 11 is 1.14. The zero-order chi connectivity index (χ0) is 15.3. The Balaban J connectivity index is 2.53. The molecule has 6 heteroatoms. The molecule has 1 amide bonds. The Labute approximate surface area is 124 Å². The Bertz CT molecular complexity index is 389. The zero-order valence-corrected chi connectivity index (χ0v) is 13.4. The summed E-state index contributed by atoms with van der Waals surface area (Å²) in [5.41, 5.74) is -0.543. The fraction of sp³-hybridized carbons (Fsp3) is 0.786. The van der Waals surface area contributed by atoms with Gasteiger partial charge in [-0.3, -0.25) is 9.59 Å². The van der Waals surface area contributed by atoms with E-state index in [2.05, 4.69) is 0 Å². The van der Waals surface area contributed by atoms with Crippen molar-refractivity contribution in [2.24, 2.45) is 0 Å². The third kappa shape index (κ3) is 5.53. The summed E-state index contributed by atoms with van der Waals surface area (Å²) in [6.07, 6.45) is 1.75. The first kappa shape index (κ1) is 17.0. The number of nitrogens with zero attached hydrogens (tertiary/aromatic N) is 1. The van der Waals surface area contributed by atoms with E-state index in [1.165, 1.54) is 6.92 Å². The first-order valence-corrected chi connectivity index (χ1v) is 7.85. The molecule has 5 nitrogen and oxygen atoms in total. The van der Waals surface area contributed by atoms with Gasteiger partial charge in [0.15, 0.2) is 5.12 Å². The minimum atomic E-state index is -0.543. The van der Waals surface area contributed by atoms with E-state index < -0.39 is 11.6 Å². The molecule has 0 saturated carbocycles. The van der Waals surface area contributed by atoms with Gasteiger partial charge in [0.05, 0.1) is 0 Å². The quantitative estimate of drug-likeness (QED) is 0.743. The van der Waals surface area contributed by atoms with Crippen LogP contribution in [0.5, 0.6) is 0 Å². The van der Waals surface area contributed by atoms with Crippen LogP contribution >= 0.6 is 11.8 Å². The molecular formula is C14H23NO4S. The maximum atomic E-state index is 12.1. The summed E-state index contributed by atoms with van der Waals surface area (Å²) in [5.74, 6) is 0.0563. The highest BCUT2D eigenvalue weighted by atomic mass is 32.2. The second kappa shape index (κ2) is 7.11. The van der Waals surface area contributed by atoms with Gasteiger partial charge in [0.1, 0.15) is 11.6 Å². The Hall–Kier alpha value is -1.04. The predicted octanol–water partition coefficient (Wildman–Crippen LogP) is 1.99. The standard InChI is InChI=1S/C14H23NO4S/c1-10(16)20-9-7-12(17)15-8-5-6-11(15)13(18)19-14(2,3)4/h11H,5-9H2,1-4H3/t11-/m0/s1. The first-order valence-electron chi connectivity index (χ1n) is 6.86. The molecule has 1 fully saturated rings. The van der Waals surface area contributed by atoms with E-state index in [9.17, 15) is 14.4 Å². The number of hydrogen-bond acceptors (Lipinski definition) is 5. The van der Waals surface area contributed by atoms with Gasteiger partial charge in [-0.2, -0.15) is 0 Å². The smallest absolute Gasteiger partial charge is 0.329 e. The van der Waals surface area contributed by atoms with E-state index in [1.807, 2.05) is 20.8 Å². The van der Waals surface area contributed by atoms with Crippen molar-refractivity contribution in [3.05, 3.63) is 0 Å². The summed E-state index contributed by atoms with van der Waals surface area (Å²) < 4.78 is 5.35. The lowest BCUT2D eigenvalue weighted by Crippen LogP contribution is -2.43. The molecular weight excluding hydrogens is 278 g/mol. The van der Waals surface area contributed by atoms with Gasteiger partial charge >= 0.3 is 5.97 Å². The van der Waals surface area contributed by atoms with E-state index in [-0.39, 0.29) is 23.4 Å². The number of carbonyl (C=O) groups is 3. The minimum absolute atomic E-state index is 0.00270. The van der Waals surface area contributed by atoms with E-state index in [1.54, 1.807) is 4.90 Å². The third-order valence-electron chi connectivity index (χ3n) is 2.87. The second-order valence-corrected chi connectivity index (χ2v) is 7.14. The highest BCUT2D eigenvalue weighted by molar-refractivity contribution is 8.13. The molecule has 0 aromatic rings. The van der Waals surface area contributed by atoms with Crippen molar-refractivity contribution in [1.82, 2.24) is 4.90 Å². The number of ether oxygens (including phenoxy) is 1. The summed E-state index contributed by atoms with van der Waals surface area (Å²) in [7, 11) is 0. The third-order valence-corrected chi connectivity index (χ3v) is 3.69. The van der Waals surface area contributed by atoms with Crippen LogP contribution in [0.4, 0.5) is 0 Å². The first-order chi connectivity index (χ1) is 9.20. The van der Waals surface area contributed by atoms with E-state index in [4.69, 9.17) is 4.74 Å². The molecule has 1 atom stereocenters. The van der Waals surface area contributed by atoms with E-state index in [0.29, 0.717) is 18.7 Å². The van der Waals surface area contributed by atoms with Crippen LogP contribution in [-0.2, 0) is 19.1 Å². The number of esters is 1. The van der Waals surface area contributed by atoms with Crippen molar-refractivity contribution in [3.63, 3.8) is 0 Å². The van der Waals surface area contributed by atoms with Crippen LogP contribution in [0.3, 0.4) is 0 Å². The van der Waals surface area contributed by atoms with Crippen molar-refractivity contribution < 1.29 is 19.1 Å². The van der Waals surface area contributed by atoms with E-state index in [0.717, 1.165) is 18.2 Å². The fourth-order valence-corrected chi connectivity index (χ4v) is 2.67. The predicted molar refractivity (Wildman–Crippen MR) is 78.3 cm³/mol. The van der Waals surface area contributed by atoms with Crippen molar-refractivity contribution in [2.75, 3.05) is 12.3 Å². The lowest BCUT2D eigenvalue weighted by Gasteiger charge is -2.27. The summed E-state index contributed by atoms with van der Waals surface area (Å²) in [6.45, 7) is 7.52. The van der Waals surface area contributed by atoms with Crippen molar-refractivity contribution in [2.45, 2.75) is 58.6 Å². The maximum Gasteiger partial charge on any atom is 0.329 e. The number of hydrogen-bond donors (Lipinski definition) is 0. The number of amides is 1. The SMILES string of the molecule is CC(=O)SCCC(=O)N1CCC[C@H]1C(=O)OC(C)(C)C. The van der Waals surface area contributed by atoms with Crippen LogP contribution in [0.1, 0.15) is 47.0 Å². The van der Waals surface area contributed by atoms with Gasteiger partial charge in [0.25, 0.3) is 0 Å². The normalized spacial score (nSPS) is 19.0. The molecule has 0 aromatic carbocycles. The van der Waals surface area contributed by atoms with Gasteiger partial charge in [0.2, 0.25) is 5.91 Å². The van der Waals surface area contributed by atoms with Gasteiger partial charge in [-0.15, -0.1) is 0 Å². The average Bonchev–Trinajstić information content (AvgIpc) is 2.74. The molecule has 114 valence electrons. The van der Waals surface area contributed by atoms with Crippen LogP contribution in [0, 0.1) is 0 Å². The van der Waals surface area contributed by atoms with Crippen molar-refractivity contribution >= 4 is 28.8 Å². The van der Waals surface area contributed by atoms with Crippen molar-refractivity contribution in [1.29, 1.82) is 0 Å². The highest BCUT2D eigenvalue weighted by Crippen LogP contribution is 2.22. The largest absolute Gasteiger partial charge is 0.458 e. The monoisotopic (exact) mass is 301 g/mol. The molecule has 0 N–H and O–H groups in total. The molecule has 0 bridgehead atoms. The summed E-state index contributed by atoms with van der Waals surface area (Å²) in [4.78, 5) is 36.6. The average molecular weight is 301 g/mol. The molecule has 1 rings (SSSR count). The van der Waals surface area contributed by atoms with Gasteiger partial charge in [-0.25, -0.2) is 4.79 Å². The Morgan fingerprint density at radius 1 is 1.30 bits per heavy atom. The number of likely N-dealkylation sites (tertiary alicyclic amines) is 1. The van der Waals surface area contributed by atoms with Crippen LogP contribution in [0.15, 0.2) is 0 Å². The molecule has 0 unspecified atom stereocenters.